The van der Waals surface area contributed by atoms with Crippen molar-refractivity contribution in [2.75, 3.05) is 13.1 Å². The second-order valence-corrected chi connectivity index (χ2v) is 5.15. The van der Waals surface area contributed by atoms with Crippen molar-refractivity contribution in [1.82, 2.24) is 5.32 Å². The molecule has 0 fully saturated rings. The Bertz CT molecular complexity index is 297. The molecule has 1 aromatic carbocycles. The topological polar surface area (TPSA) is 38.0 Å². The Morgan fingerprint density at radius 1 is 1.17 bits per heavy atom. The van der Waals surface area contributed by atoms with E-state index in [0.717, 1.165) is 6.54 Å². The third-order valence-electron chi connectivity index (χ3n) is 3.51. The van der Waals surface area contributed by atoms with Gasteiger partial charge < -0.3 is 11.1 Å². The molecule has 0 spiro atoms. The predicted molar refractivity (Wildman–Crippen MR) is 79.8 cm³/mol. The van der Waals surface area contributed by atoms with E-state index in [4.69, 9.17) is 5.73 Å². The molecule has 18 heavy (non-hydrogen) atoms. The number of hydrogen-bond acceptors (Lipinski definition) is 2. The van der Waals surface area contributed by atoms with Crippen LogP contribution < -0.4 is 11.1 Å². The van der Waals surface area contributed by atoms with E-state index >= 15 is 0 Å². The summed E-state index contributed by atoms with van der Waals surface area (Å²) in [4.78, 5) is 0. The zero-order valence-corrected chi connectivity index (χ0v) is 11.9. The molecule has 2 unspecified atom stereocenters. The molecule has 0 aliphatic carbocycles. The van der Waals surface area contributed by atoms with Gasteiger partial charge in [-0.05, 0) is 18.9 Å². The van der Waals surface area contributed by atoms with Crippen LogP contribution in [0.1, 0.15) is 51.0 Å². The van der Waals surface area contributed by atoms with Crippen molar-refractivity contribution in [3.8, 4) is 0 Å². The van der Waals surface area contributed by atoms with Gasteiger partial charge in [-0.1, -0.05) is 56.5 Å². The molecule has 0 aliphatic rings. The number of unbranched alkanes of at least 4 members (excludes halogenated alkanes) is 2. The van der Waals surface area contributed by atoms with E-state index in [9.17, 15) is 0 Å². The molecular weight excluding hydrogens is 220 g/mol. The Morgan fingerprint density at radius 2 is 1.89 bits per heavy atom. The molecule has 0 radical (unpaired) electrons. The van der Waals surface area contributed by atoms with Gasteiger partial charge in [0.25, 0.3) is 0 Å². The lowest BCUT2D eigenvalue weighted by Gasteiger charge is -2.20. The molecule has 2 heteroatoms. The molecule has 0 saturated carbocycles. The average molecular weight is 248 g/mol. The number of hydrogen-bond donors (Lipinski definition) is 2. The van der Waals surface area contributed by atoms with Crippen LogP contribution >= 0.6 is 0 Å². The first-order valence-corrected chi connectivity index (χ1v) is 7.26. The van der Waals surface area contributed by atoms with E-state index in [-0.39, 0.29) is 0 Å². The Labute approximate surface area is 112 Å². The summed E-state index contributed by atoms with van der Waals surface area (Å²) in [6, 6.07) is 11.2. The van der Waals surface area contributed by atoms with E-state index in [2.05, 4.69) is 49.5 Å². The molecule has 1 rings (SSSR count). The quantitative estimate of drug-likeness (QED) is 0.658. The highest BCUT2D eigenvalue weighted by Crippen LogP contribution is 2.13. The van der Waals surface area contributed by atoms with Crippen molar-refractivity contribution in [3.63, 3.8) is 0 Å². The van der Waals surface area contributed by atoms with Crippen molar-refractivity contribution in [1.29, 1.82) is 0 Å². The molecule has 2 atom stereocenters. The monoisotopic (exact) mass is 248 g/mol. The van der Waals surface area contributed by atoms with Crippen LogP contribution in [0.15, 0.2) is 30.3 Å². The fourth-order valence-corrected chi connectivity index (χ4v) is 2.21. The average Bonchev–Trinajstić information content (AvgIpc) is 2.41. The molecule has 2 nitrogen and oxygen atoms in total. The van der Waals surface area contributed by atoms with Gasteiger partial charge in [-0.2, -0.15) is 0 Å². The van der Waals surface area contributed by atoms with Crippen LogP contribution in [0, 0.1) is 0 Å². The second kappa shape index (κ2) is 9.12. The summed E-state index contributed by atoms with van der Waals surface area (Å²) in [6.45, 7) is 6.21. The minimum atomic E-state index is 0.430. The van der Waals surface area contributed by atoms with Crippen molar-refractivity contribution in [3.05, 3.63) is 35.9 Å². The van der Waals surface area contributed by atoms with E-state index in [1.807, 2.05) is 0 Å². The largest absolute Gasteiger partial charge is 0.330 e. The summed E-state index contributed by atoms with van der Waals surface area (Å²) >= 11 is 0. The van der Waals surface area contributed by atoms with Crippen molar-refractivity contribution >= 4 is 0 Å². The van der Waals surface area contributed by atoms with Gasteiger partial charge in [-0.3, -0.25) is 0 Å². The van der Waals surface area contributed by atoms with Gasteiger partial charge in [0.2, 0.25) is 0 Å². The van der Waals surface area contributed by atoms with Crippen molar-refractivity contribution in [2.24, 2.45) is 5.73 Å². The van der Waals surface area contributed by atoms with E-state index < -0.39 is 0 Å². The third kappa shape index (κ3) is 5.65. The summed E-state index contributed by atoms with van der Waals surface area (Å²) in [7, 11) is 0. The molecule has 0 aliphatic heterocycles. The molecule has 3 N–H and O–H groups in total. The highest BCUT2D eigenvalue weighted by molar-refractivity contribution is 5.20. The second-order valence-electron chi connectivity index (χ2n) is 5.15. The van der Waals surface area contributed by atoms with E-state index in [1.165, 1.54) is 31.2 Å². The van der Waals surface area contributed by atoms with Crippen LogP contribution in [0.5, 0.6) is 0 Å². The van der Waals surface area contributed by atoms with E-state index in [0.29, 0.717) is 18.5 Å². The molecule has 0 saturated heterocycles. The Balaban J connectivity index is 2.31. The predicted octanol–water partition coefficient (Wildman–Crippen LogP) is 3.29. The fourth-order valence-electron chi connectivity index (χ4n) is 2.21. The number of rotatable bonds is 9. The van der Waals surface area contributed by atoms with Crippen LogP contribution in [0.25, 0.3) is 0 Å². The van der Waals surface area contributed by atoms with Crippen LogP contribution in [-0.2, 0) is 0 Å². The molecular formula is C16H28N2. The SMILES string of the molecule is CCCCCC(C)NCC(CN)c1ccccc1. The molecule has 0 amide bonds. The maximum atomic E-state index is 5.87. The first-order chi connectivity index (χ1) is 8.77. The lowest BCUT2D eigenvalue weighted by Crippen LogP contribution is -2.33. The molecule has 1 aromatic rings. The molecule has 0 aromatic heterocycles. The Morgan fingerprint density at radius 3 is 2.50 bits per heavy atom. The van der Waals surface area contributed by atoms with Gasteiger partial charge in [-0.15, -0.1) is 0 Å². The zero-order chi connectivity index (χ0) is 13.2. The molecule has 0 bridgehead atoms. The lowest BCUT2D eigenvalue weighted by molar-refractivity contribution is 0.465. The maximum Gasteiger partial charge on any atom is 0.00864 e. The Hall–Kier alpha value is -0.860. The van der Waals surface area contributed by atoms with Crippen molar-refractivity contribution < 1.29 is 0 Å². The van der Waals surface area contributed by atoms with Gasteiger partial charge >= 0.3 is 0 Å². The normalized spacial score (nSPS) is 14.4. The van der Waals surface area contributed by atoms with Gasteiger partial charge in [0.05, 0.1) is 0 Å². The summed E-state index contributed by atoms with van der Waals surface area (Å²) in [5, 5.41) is 3.61. The third-order valence-corrected chi connectivity index (χ3v) is 3.51. The van der Waals surface area contributed by atoms with Crippen LogP contribution in [0.4, 0.5) is 0 Å². The standard InChI is InChI=1S/C16H28N2/c1-3-4-6-9-14(2)18-13-16(12-17)15-10-7-5-8-11-15/h5,7-8,10-11,14,16,18H,3-4,6,9,12-13,17H2,1-2H3. The minimum Gasteiger partial charge on any atom is -0.330 e. The molecule has 0 heterocycles. The molecule has 102 valence electrons. The van der Waals surface area contributed by atoms with Gasteiger partial charge in [-0.25, -0.2) is 0 Å². The van der Waals surface area contributed by atoms with Crippen molar-refractivity contribution in [2.45, 2.75) is 51.5 Å². The lowest BCUT2D eigenvalue weighted by atomic mass is 9.98. The maximum absolute atomic E-state index is 5.87. The Kier molecular flexibility index (Phi) is 7.70. The highest BCUT2D eigenvalue weighted by Gasteiger charge is 2.10. The fraction of sp³-hybridized carbons (Fsp3) is 0.625. The highest BCUT2D eigenvalue weighted by atomic mass is 14.9. The van der Waals surface area contributed by atoms with Gasteiger partial charge in [0.15, 0.2) is 0 Å². The zero-order valence-electron chi connectivity index (χ0n) is 11.9. The summed E-state index contributed by atoms with van der Waals surface area (Å²) in [5.41, 5.74) is 7.21. The first-order valence-electron chi connectivity index (χ1n) is 7.26. The first kappa shape index (κ1) is 15.2. The number of benzene rings is 1. The summed E-state index contributed by atoms with van der Waals surface area (Å²) < 4.78 is 0. The van der Waals surface area contributed by atoms with E-state index in [1.54, 1.807) is 0 Å². The number of nitrogens with two attached hydrogens (primary N) is 1. The van der Waals surface area contributed by atoms with Crippen LogP contribution in [0.2, 0.25) is 0 Å². The smallest absolute Gasteiger partial charge is 0.00864 e. The van der Waals surface area contributed by atoms with Gasteiger partial charge in [0, 0.05) is 25.0 Å². The minimum absolute atomic E-state index is 0.430. The summed E-state index contributed by atoms with van der Waals surface area (Å²) in [5.74, 6) is 0.430. The van der Waals surface area contributed by atoms with Crippen LogP contribution in [0.3, 0.4) is 0 Å². The van der Waals surface area contributed by atoms with Gasteiger partial charge in [0.1, 0.15) is 0 Å². The summed E-state index contributed by atoms with van der Waals surface area (Å²) in [6.07, 6.45) is 5.22. The number of nitrogens with one attached hydrogen (secondary N) is 1. The van der Waals surface area contributed by atoms with Crippen LogP contribution in [-0.4, -0.2) is 19.1 Å².